The average Bonchev–Trinajstić information content (AvgIpc) is 3.20. The van der Waals surface area contributed by atoms with Gasteiger partial charge in [0.1, 0.15) is 0 Å². The zero-order valence-corrected chi connectivity index (χ0v) is 33.3. The van der Waals surface area contributed by atoms with Crippen molar-refractivity contribution < 1.29 is 0 Å². The molecule has 0 aliphatic heterocycles. The average molecular weight is 705 g/mol. The van der Waals surface area contributed by atoms with Gasteiger partial charge in [-0.25, -0.2) is 0 Å². The molecule has 0 atom stereocenters. The molecule has 0 radical (unpaired) electrons. The van der Waals surface area contributed by atoms with E-state index in [1.165, 1.54) is 78.8 Å². The molecule has 0 aliphatic carbocycles. The Kier molecular flexibility index (Phi) is 16.7. The van der Waals surface area contributed by atoms with Crippen LogP contribution in [0.1, 0.15) is 81.5 Å². The SMILES string of the molecule is CCC.Cc1ccc(C=C(c2ccccc2)c2ccc(C)cc2)cc1.Cc1ccc(C=C(c2ccccc2)c2ccc(C)cc2)cc1.Cc1ccccc1. The molecule has 0 aromatic heterocycles. The summed E-state index contributed by atoms with van der Waals surface area (Å²) >= 11 is 0. The maximum Gasteiger partial charge on any atom is -0.0105 e. The predicted molar refractivity (Wildman–Crippen MR) is 239 cm³/mol. The van der Waals surface area contributed by atoms with Gasteiger partial charge in [-0.2, -0.15) is 0 Å². The number of aryl methyl sites for hydroxylation is 5. The van der Waals surface area contributed by atoms with Crippen molar-refractivity contribution in [2.24, 2.45) is 0 Å². The van der Waals surface area contributed by atoms with E-state index in [4.69, 9.17) is 0 Å². The van der Waals surface area contributed by atoms with Crippen LogP contribution in [0.15, 0.2) is 188 Å². The number of benzene rings is 7. The van der Waals surface area contributed by atoms with Gasteiger partial charge in [0.15, 0.2) is 0 Å². The van der Waals surface area contributed by atoms with Crippen molar-refractivity contribution in [2.45, 2.75) is 54.9 Å². The van der Waals surface area contributed by atoms with Crippen molar-refractivity contribution in [3.8, 4) is 0 Å². The fourth-order valence-electron chi connectivity index (χ4n) is 5.56. The van der Waals surface area contributed by atoms with E-state index >= 15 is 0 Å². The van der Waals surface area contributed by atoms with Gasteiger partial charge in [-0.3, -0.25) is 0 Å². The lowest BCUT2D eigenvalue weighted by Crippen LogP contribution is -1.88. The third-order valence-corrected chi connectivity index (χ3v) is 8.61. The smallest absolute Gasteiger partial charge is 0.0105 e. The predicted octanol–water partition coefficient (Wildman–Crippen LogP) is 15.2. The minimum absolute atomic E-state index is 1.23. The van der Waals surface area contributed by atoms with E-state index < -0.39 is 0 Å². The molecule has 0 heterocycles. The Balaban J connectivity index is 0.000000192. The van der Waals surface area contributed by atoms with Crippen LogP contribution in [-0.2, 0) is 0 Å². The zero-order chi connectivity index (χ0) is 38.5. The normalized spacial score (nSPS) is 10.8. The Hall–Kier alpha value is -5.98. The Labute approximate surface area is 326 Å². The van der Waals surface area contributed by atoms with E-state index in [1.54, 1.807) is 0 Å². The van der Waals surface area contributed by atoms with Gasteiger partial charge in [0.05, 0.1) is 0 Å². The van der Waals surface area contributed by atoms with Crippen molar-refractivity contribution in [1.29, 1.82) is 0 Å². The van der Waals surface area contributed by atoms with E-state index in [0.717, 1.165) is 0 Å². The van der Waals surface area contributed by atoms with Gasteiger partial charge < -0.3 is 0 Å². The summed E-state index contributed by atoms with van der Waals surface area (Å²) in [7, 11) is 0. The van der Waals surface area contributed by atoms with Crippen molar-refractivity contribution >= 4 is 23.3 Å². The molecule has 0 fully saturated rings. The molecule has 7 aromatic rings. The van der Waals surface area contributed by atoms with Gasteiger partial charge in [0.25, 0.3) is 0 Å². The Morgan fingerprint density at radius 3 is 0.778 bits per heavy atom. The van der Waals surface area contributed by atoms with Gasteiger partial charge in [-0.1, -0.05) is 236 Å². The lowest BCUT2D eigenvalue weighted by Gasteiger charge is -2.10. The third kappa shape index (κ3) is 13.9. The summed E-state index contributed by atoms with van der Waals surface area (Å²) in [6.45, 7) is 14.8. The second kappa shape index (κ2) is 22.2. The molecule has 0 saturated carbocycles. The molecule has 0 N–H and O–H groups in total. The standard InChI is InChI=1S/2C22H20.C7H8.C3H8/c2*1-17-8-12-19(13-9-17)16-22(20-6-4-3-5-7-20)21-14-10-18(2)11-15-21;1-7-5-3-2-4-6-7;1-3-2/h2*3-16H,1-2H3;2-6H,1H3;3H2,1-2H3. The van der Waals surface area contributed by atoms with E-state index in [2.05, 4.69) is 230 Å². The van der Waals surface area contributed by atoms with Crippen LogP contribution in [0.5, 0.6) is 0 Å². The van der Waals surface area contributed by atoms with Gasteiger partial charge in [-0.15, -0.1) is 0 Å². The molecule has 0 bridgehead atoms. The Morgan fingerprint density at radius 2 is 0.519 bits per heavy atom. The summed E-state index contributed by atoms with van der Waals surface area (Å²) in [4.78, 5) is 0. The molecule has 7 aromatic carbocycles. The lowest BCUT2D eigenvalue weighted by atomic mass is 9.95. The maximum atomic E-state index is 2.26. The molecule has 0 amide bonds. The van der Waals surface area contributed by atoms with Gasteiger partial charge >= 0.3 is 0 Å². The summed E-state index contributed by atoms with van der Waals surface area (Å²) in [6.07, 6.45) is 5.78. The summed E-state index contributed by atoms with van der Waals surface area (Å²) in [6, 6.07) is 66.2. The fraction of sp³-hybridized carbons (Fsp3) is 0.148. The molecule has 0 saturated heterocycles. The molecule has 0 aliphatic rings. The van der Waals surface area contributed by atoms with Gasteiger partial charge in [0.2, 0.25) is 0 Å². The van der Waals surface area contributed by atoms with E-state index in [1.807, 2.05) is 18.2 Å². The van der Waals surface area contributed by atoms with Crippen LogP contribution in [0.3, 0.4) is 0 Å². The van der Waals surface area contributed by atoms with Crippen LogP contribution < -0.4 is 0 Å². The first kappa shape index (κ1) is 40.8. The first-order valence-corrected chi connectivity index (χ1v) is 19.1. The molecule has 0 nitrogen and oxygen atoms in total. The molecular weight excluding hydrogens is 649 g/mol. The van der Waals surface area contributed by atoms with Gasteiger partial charge in [-0.05, 0) is 91.3 Å². The number of hydrogen-bond acceptors (Lipinski definition) is 0. The maximum absolute atomic E-state index is 2.26. The number of hydrogen-bond donors (Lipinski definition) is 0. The van der Waals surface area contributed by atoms with Crippen LogP contribution in [0.4, 0.5) is 0 Å². The third-order valence-electron chi connectivity index (χ3n) is 8.61. The highest BCUT2D eigenvalue weighted by Crippen LogP contribution is 2.28. The highest BCUT2D eigenvalue weighted by molar-refractivity contribution is 5.92. The summed E-state index contributed by atoms with van der Waals surface area (Å²) in [5.74, 6) is 0. The summed E-state index contributed by atoms with van der Waals surface area (Å²) in [5, 5.41) is 0. The fourth-order valence-corrected chi connectivity index (χ4v) is 5.56. The molecule has 54 heavy (non-hydrogen) atoms. The largest absolute Gasteiger partial charge is 0.0656 e. The second-order valence-electron chi connectivity index (χ2n) is 13.8. The van der Waals surface area contributed by atoms with Crippen molar-refractivity contribution in [3.05, 3.63) is 249 Å². The number of rotatable bonds is 6. The molecule has 272 valence electrons. The van der Waals surface area contributed by atoms with E-state index in [9.17, 15) is 0 Å². The highest BCUT2D eigenvalue weighted by atomic mass is 14.1. The molecule has 0 spiro atoms. The quantitative estimate of drug-likeness (QED) is 0.151. The van der Waals surface area contributed by atoms with Crippen molar-refractivity contribution in [1.82, 2.24) is 0 Å². The van der Waals surface area contributed by atoms with E-state index in [0.29, 0.717) is 0 Å². The zero-order valence-electron chi connectivity index (χ0n) is 33.3. The summed E-state index contributed by atoms with van der Waals surface area (Å²) in [5.41, 5.74) is 16.4. The molecular formula is C54H56. The second-order valence-corrected chi connectivity index (χ2v) is 13.8. The van der Waals surface area contributed by atoms with Crippen molar-refractivity contribution in [2.75, 3.05) is 0 Å². The van der Waals surface area contributed by atoms with Crippen LogP contribution in [-0.4, -0.2) is 0 Å². The van der Waals surface area contributed by atoms with E-state index in [-0.39, 0.29) is 0 Å². The van der Waals surface area contributed by atoms with Crippen LogP contribution >= 0.6 is 0 Å². The van der Waals surface area contributed by atoms with Crippen LogP contribution in [0, 0.1) is 34.6 Å². The van der Waals surface area contributed by atoms with Gasteiger partial charge in [0, 0.05) is 0 Å². The highest BCUT2D eigenvalue weighted by Gasteiger charge is 2.06. The topological polar surface area (TPSA) is 0 Å². The first-order valence-electron chi connectivity index (χ1n) is 19.1. The lowest BCUT2D eigenvalue weighted by molar-refractivity contribution is 1.09. The Bertz CT molecular complexity index is 1980. The molecule has 0 unspecified atom stereocenters. The van der Waals surface area contributed by atoms with Crippen LogP contribution in [0.25, 0.3) is 23.3 Å². The molecule has 7 rings (SSSR count). The summed E-state index contributed by atoms with van der Waals surface area (Å²) < 4.78 is 0. The minimum atomic E-state index is 1.23. The van der Waals surface area contributed by atoms with Crippen LogP contribution in [0.2, 0.25) is 0 Å². The van der Waals surface area contributed by atoms with Crippen molar-refractivity contribution in [3.63, 3.8) is 0 Å². The first-order chi connectivity index (χ1) is 26.2. The minimum Gasteiger partial charge on any atom is -0.0656 e. The Morgan fingerprint density at radius 1 is 0.296 bits per heavy atom. The molecule has 0 heteroatoms. The monoisotopic (exact) mass is 704 g/mol.